The van der Waals surface area contributed by atoms with Crippen LogP contribution in [0.1, 0.15) is 37.1 Å². The van der Waals surface area contributed by atoms with Crippen molar-refractivity contribution in [3.8, 4) is 21.7 Å². The number of aromatic nitrogens is 2. The molecule has 1 saturated heterocycles. The van der Waals surface area contributed by atoms with Gasteiger partial charge in [0.25, 0.3) is 0 Å². The number of nitrogens with zero attached hydrogens (tertiary/aromatic N) is 3. The van der Waals surface area contributed by atoms with E-state index in [-0.39, 0.29) is 11.8 Å². The SMILES string of the molecule is CC(C)NC1CC(C(=O)Nc2sc3c(c2-c2nc4ccc(-c5ccc(N6CCNCC6)nc5)cc4s2)CNCC3)C1. The topological polar surface area (TPSA) is 94.2 Å². The Morgan fingerprint density at radius 3 is 2.66 bits per heavy atom. The molecule has 8 nitrogen and oxygen atoms in total. The molecule has 0 unspecified atom stereocenters. The number of carbonyl (C=O) groups excluding carboxylic acids is 1. The van der Waals surface area contributed by atoms with Crippen molar-refractivity contribution >= 4 is 49.6 Å². The highest BCUT2D eigenvalue weighted by Crippen LogP contribution is 2.45. The Hall–Kier alpha value is -2.89. The van der Waals surface area contributed by atoms with Crippen molar-refractivity contribution in [2.75, 3.05) is 42.9 Å². The van der Waals surface area contributed by atoms with E-state index in [1.54, 1.807) is 22.7 Å². The summed E-state index contributed by atoms with van der Waals surface area (Å²) in [7, 11) is 0. The molecule has 2 aliphatic heterocycles. The first-order chi connectivity index (χ1) is 20.0. The number of pyridine rings is 1. The highest BCUT2D eigenvalue weighted by molar-refractivity contribution is 7.23. The number of carbonyl (C=O) groups is 1. The lowest BCUT2D eigenvalue weighted by atomic mass is 9.79. The lowest BCUT2D eigenvalue weighted by Crippen LogP contribution is -2.48. The number of benzene rings is 1. The monoisotopic (exact) mass is 587 g/mol. The Morgan fingerprint density at radius 1 is 1.05 bits per heavy atom. The molecule has 0 radical (unpaired) electrons. The van der Waals surface area contributed by atoms with Crippen molar-refractivity contribution in [1.29, 1.82) is 0 Å². The Bertz CT molecular complexity index is 1550. The van der Waals surface area contributed by atoms with E-state index < -0.39 is 0 Å². The maximum Gasteiger partial charge on any atom is 0.228 e. The van der Waals surface area contributed by atoms with E-state index in [2.05, 4.69) is 70.3 Å². The molecule has 0 bridgehead atoms. The van der Waals surface area contributed by atoms with Crippen LogP contribution in [-0.2, 0) is 17.8 Å². The van der Waals surface area contributed by atoms with E-state index >= 15 is 0 Å². The summed E-state index contributed by atoms with van der Waals surface area (Å²) in [4.78, 5) is 26.8. The first-order valence-electron chi connectivity index (χ1n) is 14.8. The number of fused-ring (bicyclic) bond motifs is 2. The third-order valence-corrected chi connectivity index (χ3v) is 10.6. The normalized spacial score (nSPS) is 20.7. The highest BCUT2D eigenvalue weighted by Gasteiger charge is 2.35. The fourth-order valence-corrected chi connectivity index (χ4v) is 8.50. The van der Waals surface area contributed by atoms with Crippen molar-refractivity contribution in [3.63, 3.8) is 0 Å². The molecule has 4 N–H and O–H groups in total. The van der Waals surface area contributed by atoms with Crippen LogP contribution in [0.4, 0.5) is 10.8 Å². The number of amides is 1. The molecule has 0 spiro atoms. The second kappa shape index (κ2) is 11.4. The summed E-state index contributed by atoms with van der Waals surface area (Å²) < 4.78 is 1.14. The fraction of sp³-hybridized carbons (Fsp3) is 0.452. The zero-order chi connectivity index (χ0) is 27.9. The van der Waals surface area contributed by atoms with E-state index in [1.165, 1.54) is 10.4 Å². The van der Waals surface area contributed by atoms with Gasteiger partial charge in [-0.2, -0.15) is 0 Å². The number of thiophene rings is 1. The number of hydrogen-bond donors (Lipinski definition) is 4. The quantitative estimate of drug-likeness (QED) is 0.245. The van der Waals surface area contributed by atoms with Gasteiger partial charge in [-0.05, 0) is 54.7 Å². The molecule has 1 aromatic carbocycles. The highest BCUT2D eigenvalue weighted by atomic mass is 32.1. The number of hydrogen-bond acceptors (Lipinski definition) is 9. The van der Waals surface area contributed by atoms with Crippen molar-refractivity contribution < 1.29 is 4.79 Å². The molecular weight excluding hydrogens is 551 g/mol. The number of thiazole rings is 1. The molecular formula is C31H37N7OS2. The first-order valence-corrected chi connectivity index (χ1v) is 16.4. The Kier molecular flexibility index (Phi) is 7.51. The smallest absolute Gasteiger partial charge is 0.228 e. The zero-order valence-electron chi connectivity index (χ0n) is 23.6. The van der Waals surface area contributed by atoms with Crippen molar-refractivity contribution in [2.45, 2.75) is 51.7 Å². The van der Waals surface area contributed by atoms with Crippen LogP contribution >= 0.6 is 22.7 Å². The van der Waals surface area contributed by atoms with Crippen LogP contribution < -0.4 is 26.2 Å². The second-order valence-electron chi connectivity index (χ2n) is 11.7. The fourth-order valence-electron chi connectivity index (χ4n) is 6.13. The summed E-state index contributed by atoms with van der Waals surface area (Å²) in [6.45, 7) is 10.1. The van der Waals surface area contributed by atoms with Crippen LogP contribution in [0.25, 0.3) is 31.9 Å². The van der Waals surface area contributed by atoms with Gasteiger partial charge in [0.1, 0.15) is 15.8 Å². The van der Waals surface area contributed by atoms with Gasteiger partial charge in [0.15, 0.2) is 0 Å². The summed E-state index contributed by atoms with van der Waals surface area (Å²) >= 11 is 3.44. The maximum absolute atomic E-state index is 13.2. The van der Waals surface area contributed by atoms with E-state index in [1.807, 2.05) is 6.20 Å². The lowest BCUT2D eigenvalue weighted by Gasteiger charge is -2.36. The molecule has 3 aliphatic rings. The molecule has 1 saturated carbocycles. The molecule has 41 heavy (non-hydrogen) atoms. The predicted molar refractivity (Wildman–Crippen MR) is 170 cm³/mol. The van der Waals surface area contributed by atoms with Gasteiger partial charge in [-0.15, -0.1) is 22.7 Å². The summed E-state index contributed by atoms with van der Waals surface area (Å²) in [5, 5.41) is 15.7. The predicted octanol–water partition coefficient (Wildman–Crippen LogP) is 4.86. The first kappa shape index (κ1) is 27.0. The van der Waals surface area contributed by atoms with Gasteiger partial charge in [-0.25, -0.2) is 9.97 Å². The van der Waals surface area contributed by atoms with Crippen LogP contribution in [0.3, 0.4) is 0 Å². The Labute approximate surface area is 249 Å². The second-order valence-corrected chi connectivity index (χ2v) is 13.8. The molecule has 2 fully saturated rings. The number of nitrogens with one attached hydrogen (secondary N) is 4. The molecule has 4 aromatic rings. The molecule has 214 valence electrons. The summed E-state index contributed by atoms with van der Waals surface area (Å²) in [5.74, 6) is 1.25. The third-order valence-electron chi connectivity index (χ3n) is 8.36. The average molecular weight is 588 g/mol. The van der Waals surface area contributed by atoms with Crippen molar-refractivity contribution in [2.24, 2.45) is 5.92 Å². The summed E-state index contributed by atoms with van der Waals surface area (Å²) in [5.41, 5.74) is 5.63. The number of rotatable bonds is 7. The minimum atomic E-state index is 0.0702. The third kappa shape index (κ3) is 5.51. The van der Waals surface area contributed by atoms with Crippen LogP contribution in [0.15, 0.2) is 36.5 Å². The van der Waals surface area contributed by atoms with Crippen LogP contribution in [0.5, 0.6) is 0 Å². The average Bonchev–Trinajstić information content (AvgIpc) is 3.55. The van der Waals surface area contributed by atoms with Crippen LogP contribution in [0.2, 0.25) is 0 Å². The minimum Gasteiger partial charge on any atom is -0.354 e. The standard InChI is InChI=1S/C31H37N7OS2/c1-18(2)35-22-13-21(14-22)29(39)37-31-28(23-17-33-8-7-25(23)40-31)30-36-24-5-3-19(15-26(24)41-30)20-4-6-27(34-16-20)38-11-9-32-10-12-38/h3-6,15-16,18,21-22,32-33,35H,7-14,17H2,1-2H3,(H,37,39). The zero-order valence-corrected chi connectivity index (χ0v) is 25.3. The maximum atomic E-state index is 13.2. The lowest BCUT2D eigenvalue weighted by molar-refractivity contribution is -0.123. The summed E-state index contributed by atoms with van der Waals surface area (Å²) in [6, 6.07) is 11.7. The minimum absolute atomic E-state index is 0.0702. The van der Waals surface area contributed by atoms with Crippen LogP contribution in [0, 0.1) is 5.92 Å². The number of piperazine rings is 1. The van der Waals surface area contributed by atoms with Crippen molar-refractivity contribution in [1.82, 2.24) is 25.9 Å². The van der Waals surface area contributed by atoms with Gasteiger partial charge in [0, 0.05) is 73.9 Å². The number of anilines is 2. The van der Waals surface area contributed by atoms with Crippen molar-refractivity contribution in [3.05, 3.63) is 47.0 Å². The molecule has 1 amide bonds. The molecule has 3 aromatic heterocycles. The van der Waals surface area contributed by atoms with Gasteiger partial charge in [0.2, 0.25) is 5.91 Å². The summed E-state index contributed by atoms with van der Waals surface area (Å²) in [6.07, 6.45) is 4.78. The molecule has 0 atom stereocenters. The van der Waals surface area contributed by atoms with Gasteiger partial charge in [-0.1, -0.05) is 19.9 Å². The van der Waals surface area contributed by atoms with Crippen LogP contribution in [-0.4, -0.2) is 60.7 Å². The Balaban J connectivity index is 1.14. The largest absolute Gasteiger partial charge is 0.354 e. The van der Waals surface area contributed by atoms with E-state index in [0.717, 1.165) is 101 Å². The molecule has 10 heteroatoms. The Morgan fingerprint density at radius 2 is 1.88 bits per heavy atom. The molecule has 1 aliphatic carbocycles. The van der Waals surface area contributed by atoms with Gasteiger partial charge >= 0.3 is 0 Å². The molecule has 5 heterocycles. The van der Waals surface area contributed by atoms with E-state index in [4.69, 9.17) is 9.97 Å². The van der Waals surface area contributed by atoms with E-state index in [9.17, 15) is 4.79 Å². The van der Waals surface area contributed by atoms with Gasteiger partial charge in [0.05, 0.1) is 15.8 Å². The van der Waals surface area contributed by atoms with Gasteiger partial charge < -0.3 is 26.2 Å². The van der Waals surface area contributed by atoms with Gasteiger partial charge in [-0.3, -0.25) is 4.79 Å². The molecule has 7 rings (SSSR count). The van der Waals surface area contributed by atoms with E-state index in [0.29, 0.717) is 12.1 Å².